The van der Waals surface area contributed by atoms with Gasteiger partial charge in [-0.25, -0.2) is 15.0 Å². The summed E-state index contributed by atoms with van der Waals surface area (Å²) in [6.45, 7) is 4.58. The summed E-state index contributed by atoms with van der Waals surface area (Å²) < 4.78 is 84.3. The minimum Gasteiger partial charge on any atom is -0.208 e. The van der Waals surface area contributed by atoms with E-state index < -0.39 is 60.4 Å². The molecule has 0 unspecified atom stereocenters. The van der Waals surface area contributed by atoms with E-state index in [-0.39, 0.29) is 34.0 Å². The van der Waals surface area contributed by atoms with Crippen LogP contribution in [0, 0.1) is 0 Å². The van der Waals surface area contributed by atoms with Crippen LogP contribution in [0.25, 0.3) is 78.7 Å². The van der Waals surface area contributed by atoms with Crippen LogP contribution in [-0.2, 0) is 11.8 Å². The van der Waals surface area contributed by atoms with E-state index in [4.69, 9.17) is 13.7 Å². The number of aromatic nitrogens is 3. The molecule has 3 heteroatoms. The zero-order valence-electron chi connectivity index (χ0n) is 38.4. The molecular formula is C49H35N3. The van der Waals surface area contributed by atoms with Crippen molar-refractivity contribution in [3.63, 3.8) is 0 Å². The van der Waals surface area contributed by atoms with Gasteiger partial charge >= 0.3 is 0 Å². The molecule has 0 bridgehead atoms. The molecule has 0 spiro atoms. The number of fused-ring (bicyclic) bond motifs is 6. The number of nitrogens with zero attached hydrogens (tertiary/aromatic N) is 3. The van der Waals surface area contributed by atoms with Crippen molar-refractivity contribution in [2.24, 2.45) is 0 Å². The van der Waals surface area contributed by atoms with Crippen LogP contribution in [0.3, 0.4) is 0 Å². The van der Waals surface area contributed by atoms with Gasteiger partial charge in [0.05, 0.1) is 13.7 Å². The van der Waals surface area contributed by atoms with E-state index in [1.165, 1.54) is 38.9 Å². The fourth-order valence-corrected chi connectivity index (χ4v) is 7.93. The third kappa shape index (κ3) is 4.85. The van der Waals surface area contributed by atoms with E-state index in [0.29, 0.717) is 12.0 Å². The Labute approximate surface area is 318 Å². The molecule has 0 fully saturated rings. The Morgan fingerprint density at radius 3 is 1.54 bits per heavy atom. The van der Waals surface area contributed by atoms with Gasteiger partial charge in [0.1, 0.15) is 0 Å². The number of hydrogen-bond donors (Lipinski definition) is 0. The molecule has 1 aromatic heterocycles. The summed E-state index contributed by atoms with van der Waals surface area (Å²) in [4.78, 5) is 13.7. The zero-order valence-corrected chi connectivity index (χ0v) is 28.4. The normalized spacial score (nSPS) is 16.0. The molecule has 1 heterocycles. The molecule has 0 saturated carbocycles. The third-order valence-electron chi connectivity index (χ3n) is 10.4. The van der Waals surface area contributed by atoms with Gasteiger partial charge in [-0.3, -0.25) is 0 Å². The predicted molar refractivity (Wildman–Crippen MR) is 213 cm³/mol. The standard InChI is InChI=1S/C49H35N3/c1-49(2)44-25-10-9-20-40(44)41-27-26-34(29-45(41)49)37-22-13-24-39-38-23-12-21-36(42(38)30-43(37)39)33-18-11-19-35(28-33)48-51-46(31-14-5-3-6-15-31)50-47(52-48)32-16-7-4-8-17-32/h3-29H,30H2,1-2H3/i3D,4D,5D,6D,7D,8D,14D,15D,16D,17D. The topological polar surface area (TPSA) is 38.7 Å². The van der Waals surface area contributed by atoms with Crippen LogP contribution in [0.5, 0.6) is 0 Å². The number of benzene rings is 7. The van der Waals surface area contributed by atoms with Crippen molar-refractivity contribution in [2.45, 2.75) is 25.7 Å². The summed E-state index contributed by atoms with van der Waals surface area (Å²) in [6, 6.07) is 29.9. The van der Waals surface area contributed by atoms with Gasteiger partial charge in [0, 0.05) is 22.1 Å². The van der Waals surface area contributed by atoms with Crippen LogP contribution in [0.2, 0.25) is 0 Å². The second-order valence-corrected chi connectivity index (χ2v) is 13.7. The van der Waals surface area contributed by atoms with E-state index in [1.54, 1.807) is 6.07 Å². The Kier molecular flexibility index (Phi) is 4.93. The fraction of sp³-hybridized carbons (Fsp3) is 0.0816. The Hall–Kier alpha value is -6.45. The van der Waals surface area contributed by atoms with Gasteiger partial charge in [0.25, 0.3) is 0 Å². The second kappa shape index (κ2) is 11.8. The van der Waals surface area contributed by atoms with Crippen LogP contribution in [0.15, 0.2) is 164 Å². The van der Waals surface area contributed by atoms with E-state index in [2.05, 4.69) is 102 Å². The lowest BCUT2D eigenvalue weighted by Crippen LogP contribution is -2.14. The minimum absolute atomic E-state index is 0.0188. The summed E-state index contributed by atoms with van der Waals surface area (Å²) in [7, 11) is 0. The molecule has 0 amide bonds. The summed E-state index contributed by atoms with van der Waals surface area (Å²) >= 11 is 0. The Balaban J connectivity index is 1.09. The van der Waals surface area contributed by atoms with Gasteiger partial charge in [-0.1, -0.05) is 165 Å². The first-order valence-corrected chi connectivity index (χ1v) is 17.2. The molecule has 3 nitrogen and oxygen atoms in total. The zero-order chi connectivity index (χ0) is 43.5. The van der Waals surface area contributed by atoms with Crippen LogP contribution < -0.4 is 0 Å². The van der Waals surface area contributed by atoms with E-state index >= 15 is 0 Å². The number of rotatable bonds is 5. The Morgan fingerprint density at radius 1 is 0.423 bits per heavy atom. The maximum Gasteiger partial charge on any atom is 0.164 e. The SMILES string of the molecule is [2H]c1c([2H])c([2H])c(-c2nc(-c3cccc(-c4cccc5c4Cc4c(-c6ccc7c(c6)C(C)(C)c6ccccc6-7)cccc4-5)c3)nc(-c3c([2H])c([2H])c([2H])c([2H])c3[2H])n2)c([2H])c1[2H]. The van der Waals surface area contributed by atoms with Crippen LogP contribution in [0.4, 0.5) is 0 Å². The largest absolute Gasteiger partial charge is 0.208 e. The van der Waals surface area contributed by atoms with Crippen LogP contribution in [0.1, 0.15) is 49.8 Å². The molecule has 0 N–H and O–H groups in total. The smallest absolute Gasteiger partial charge is 0.164 e. The van der Waals surface area contributed by atoms with E-state index in [0.717, 1.165) is 27.8 Å². The summed E-state index contributed by atoms with van der Waals surface area (Å²) in [5, 5.41) is 0. The van der Waals surface area contributed by atoms with E-state index in [1.807, 2.05) is 24.3 Å². The van der Waals surface area contributed by atoms with Crippen molar-refractivity contribution in [1.82, 2.24) is 15.0 Å². The van der Waals surface area contributed by atoms with Gasteiger partial charge in [-0.15, -0.1) is 0 Å². The maximum absolute atomic E-state index is 8.69. The molecule has 0 radical (unpaired) electrons. The number of hydrogen-bond acceptors (Lipinski definition) is 3. The van der Waals surface area contributed by atoms with Gasteiger partial charge in [0.15, 0.2) is 17.5 Å². The Morgan fingerprint density at radius 2 is 0.904 bits per heavy atom. The summed E-state index contributed by atoms with van der Waals surface area (Å²) in [5.74, 6) is -0.589. The van der Waals surface area contributed by atoms with Gasteiger partial charge in [-0.2, -0.15) is 0 Å². The van der Waals surface area contributed by atoms with Crippen LogP contribution >= 0.6 is 0 Å². The average Bonchev–Trinajstić information content (AvgIpc) is 3.78. The van der Waals surface area contributed by atoms with Gasteiger partial charge in [-0.05, 0) is 85.3 Å². The van der Waals surface area contributed by atoms with Crippen molar-refractivity contribution >= 4 is 0 Å². The van der Waals surface area contributed by atoms with Crippen molar-refractivity contribution in [1.29, 1.82) is 0 Å². The molecule has 0 saturated heterocycles. The first kappa shape index (κ1) is 21.7. The molecular weight excluding hydrogens is 631 g/mol. The quantitative estimate of drug-likeness (QED) is 0.182. The molecule has 10 rings (SSSR count). The van der Waals surface area contributed by atoms with Gasteiger partial charge < -0.3 is 0 Å². The molecule has 2 aliphatic carbocycles. The molecule has 2 aliphatic rings. The lowest BCUT2D eigenvalue weighted by atomic mass is 9.81. The molecule has 7 aromatic carbocycles. The van der Waals surface area contributed by atoms with Crippen molar-refractivity contribution in [3.8, 4) is 78.7 Å². The molecule has 0 aliphatic heterocycles. The van der Waals surface area contributed by atoms with Gasteiger partial charge in [0.2, 0.25) is 0 Å². The third-order valence-corrected chi connectivity index (χ3v) is 10.4. The second-order valence-electron chi connectivity index (χ2n) is 13.7. The molecule has 246 valence electrons. The maximum atomic E-state index is 8.69. The monoisotopic (exact) mass is 675 g/mol. The lowest BCUT2D eigenvalue weighted by molar-refractivity contribution is 0.660. The fourth-order valence-electron chi connectivity index (χ4n) is 7.93. The predicted octanol–water partition coefficient (Wildman–Crippen LogP) is 12.1. The average molecular weight is 676 g/mol. The first-order chi connectivity index (χ1) is 29.7. The minimum atomic E-state index is -0.595. The highest BCUT2D eigenvalue weighted by Gasteiger charge is 2.35. The molecule has 52 heavy (non-hydrogen) atoms. The molecule has 0 atom stereocenters. The van der Waals surface area contributed by atoms with E-state index in [9.17, 15) is 0 Å². The first-order valence-electron chi connectivity index (χ1n) is 22.2. The van der Waals surface area contributed by atoms with Crippen molar-refractivity contribution < 1.29 is 13.7 Å². The van der Waals surface area contributed by atoms with Crippen LogP contribution in [-0.4, -0.2) is 15.0 Å². The summed E-state index contributed by atoms with van der Waals surface area (Å²) in [5.41, 5.74) is 13.8. The highest BCUT2D eigenvalue weighted by atomic mass is 15.0. The summed E-state index contributed by atoms with van der Waals surface area (Å²) in [6.07, 6.45) is 0.687. The Bertz CT molecular complexity index is 3120. The molecule has 8 aromatic rings. The highest BCUT2D eigenvalue weighted by Crippen LogP contribution is 2.51. The lowest BCUT2D eigenvalue weighted by Gasteiger charge is -2.22. The van der Waals surface area contributed by atoms with Crippen molar-refractivity contribution in [2.75, 3.05) is 0 Å². The van der Waals surface area contributed by atoms with Crippen molar-refractivity contribution in [3.05, 3.63) is 186 Å². The highest BCUT2D eigenvalue weighted by molar-refractivity contribution is 5.91.